The van der Waals surface area contributed by atoms with Crippen molar-refractivity contribution in [2.45, 2.75) is 13.8 Å². The molecule has 7 rings (SSSR count). The van der Waals surface area contributed by atoms with Crippen molar-refractivity contribution >= 4 is 87.6 Å². The summed E-state index contributed by atoms with van der Waals surface area (Å²) in [5.74, 6) is 0. The van der Waals surface area contributed by atoms with E-state index >= 15 is 0 Å². The number of hydrogen-bond donors (Lipinski definition) is 0. The zero-order valence-electron chi connectivity index (χ0n) is 17.6. The number of rotatable bonds is 2. The summed E-state index contributed by atoms with van der Waals surface area (Å²) in [4.78, 5) is 12.0. The molecule has 32 heavy (non-hydrogen) atoms. The average Bonchev–Trinajstić information content (AvgIpc) is 3.56. The van der Waals surface area contributed by atoms with Crippen LogP contribution in [0.4, 0.5) is 0 Å². The van der Waals surface area contributed by atoms with Crippen LogP contribution in [-0.2, 0) is 7.05 Å². The summed E-state index contributed by atoms with van der Waals surface area (Å²) in [5, 5.41) is 9.22. The van der Waals surface area contributed by atoms with E-state index in [-0.39, 0.29) is 0 Å². The first-order chi connectivity index (χ1) is 15.6. The van der Waals surface area contributed by atoms with Crippen molar-refractivity contribution in [2.75, 3.05) is 0 Å². The van der Waals surface area contributed by atoms with Crippen molar-refractivity contribution in [1.29, 1.82) is 0 Å². The first kappa shape index (κ1) is 18.9. The van der Waals surface area contributed by atoms with Crippen LogP contribution in [0.5, 0.6) is 0 Å². The van der Waals surface area contributed by atoms with Gasteiger partial charge in [-0.2, -0.15) is 0 Å². The summed E-state index contributed by atoms with van der Waals surface area (Å²) < 4.78 is 4.91. The van der Waals surface area contributed by atoms with Crippen molar-refractivity contribution in [3.63, 3.8) is 0 Å². The molecule has 0 saturated heterocycles. The van der Waals surface area contributed by atoms with Gasteiger partial charge in [0.15, 0.2) is 0 Å². The van der Waals surface area contributed by atoms with Gasteiger partial charge in [0.2, 0.25) is 0 Å². The molecule has 2 aromatic carbocycles. The molecule has 0 N–H and O–H groups in total. The summed E-state index contributed by atoms with van der Waals surface area (Å²) in [6, 6.07) is 13.8. The van der Waals surface area contributed by atoms with Crippen molar-refractivity contribution in [1.82, 2.24) is 14.5 Å². The third-order valence-electron chi connectivity index (χ3n) is 6.04. The lowest BCUT2D eigenvalue weighted by Crippen LogP contribution is -1.86. The predicted octanol–water partition coefficient (Wildman–Crippen LogP) is 8.62. The Balaban J connectivity index is 1.47. The Hall–Kier alpha value is -2.58. The highest BCUT2D eigenvalue weighted by atomic mass is 32.1. The Bertz CT molecular complexity index is 1690. The van der Waals surface area contributed by atoms with Gasteiger partial charge in [-0.25, -0.2) is 9.97 Å². The molecule has 0 saturated carbocycles. The van der Waals surface area contributed by atoms with E-state index in [1.54, 1.807) is 45.3 Å². The van der Waals surface area contributed by atoms with Gasteiger partial charge in [0, 0.05) is 39.6 Å². The number of nitrogens with zero attached hydrogens (tertiary/aromatic N) is 3. The monoisotopic (exact) mass is 487 g/mol. The molecule has 0 amide bonds. The molecule has 0 radical (unpaired) electrons. The van der Waals surface area contributed by atoms with Crippen LogP contribution in [0.25, 0.3) is 63.1 Å². The fourth-order valence-corrected chi connectivity index (χ4v) is 8.76. The number of aromatic nitrogens is 3. The van der Waals surface area contributed by atoms with E-state index in [9.17, 15) is 0 Å². The van der Waals surface area contributed by atoms with Gasteiger partial charge in [-0.05, 0) is 49.2 Å². The maximum atomic E-state index is 4.66. The van der Waals surface area contributed by atoms with Crippen LogP contribution in [0.2, 0.25) is 0 Å². The number of aryl methyl sites for hydroxylation is 3. The zero-order chi connectivity index (χ0) is 21.6. The fraction of sp³-hybridized carbons (Fsp3) is 0.120. The molecule has 3 nitrogen and oxygen atoms in total. The second-order valence-electron chi connectivity index (χ2n) is 8.05. The Morgan fingerprint density at radius 3 is 1.62 bits per heavy atom. The molecule has 156 valence electrons. The molecule has 0 fully saturated rings. The third kappa shape index (κ3) is 2.62. The molecule has 0 spiro atoms. The van der Waals surface area contributed by atoms with Gasteiger partial charge >= 0.3 is 0 Å². The van der Waals surface area contributed by atoms with E-state index in [4.69, 9.17) is 0 Å². The predicted molar refractivity (Wildman–Crippen MR) is 143 cm³/mol. The standard InChI is InChI=1S/C25H17N3S4/c1-12-26-18-10-29-22(24(18)31-12)14-4-6-20-16(8-14)17-9-15(5-7-21(17)28(20)3)23-25-19(11-30-23)27-13(2)32-25/h4-11H,1-3H3. The molecular formula is C25H17N3S4. The number of benzene rings is 2. The second-order valence-corrected chi connectivity index (χ2v) is 12.2. The highest BCUT2D eigenvalue weighted by Crippen LogP contribution is 2.43. The topological polar surface area (TPSA) is 30.7 Å². The minimum Gasteiger partial charge on any atom is -0.344 e. The normalized spacial score (nSPS) is 12.2. The molecule has 5 aromatic heterocycles. The maximum absolute atomic E-state index is 4.66. The molecule has 0 unspecified atom stereocenters. The van der Waals surface area contributed by atoms with Crippen LogP contribution in [0.3, 0.4) is 0 Å². The van der Waals surface area contributed by atoms with E-state index in [0.717, 1.165) is 21.0 Å². The van der Waals surface area contributed by atoms with Gasteiger partial charge in [-0.1, -0.05) is 12.1 Å². The number of hydrogen-bond acceptors (Lipinski definition) is 6. The van der Waals surface area contributed by atoms with E-state index in [0.29, 0.717) is 0 Å². The van der Waals surface area contributed by atoms with Gasteiger partial charge in [-0.15, -0.1) is 45.3 Å². The van der Waals surface area contributed by atoms with Gasteiger partial charge in [0.1, 0.15) is 0 Å². The third-order valence-corrected chi connectivity index (χ3v) is 10.3. The Morgan fingerprint density at radius 1 is 0.688 bits per heavy atom. The van der Waals surface area contributed by atoms with Gasteiger partial charge in [0.25, 0.3) is 0 Å². The fourth-order valence-electron chi connectivity index (χ4n) is 4.61. The average molecular weight is 488 g/mol. The smallest absolute Gasteiger partial charge is 0.0929 e. The quantitative estimate of drug-likeness (QED) is 0.244. The van der Waals surface area contributed by atoms with Gasteiger partial charge in [-0.3, -0.25) is 0 Å². The molecule has 5 heterocycles. The van der Waals surface area contributed by atoms with Crippen molar-refractivity contribution in [2.24, 2.45) is 7.05 Å². The SMILES string of the molecule is Cc1nc2csc(-c3ccc4c(c3)c3cc(-c5scc6nc(C)sc56)ccc3n4C)c2s1. The zero-order valence-corrected chi connectivity index (χ0v) is 20.9. The molecule has 7 heteroatoms. The first-order valence-electron chi connectivity index (χ1n) is 10.3. The lowest BCUT2D eigenvalue weighted by molar-refractivity contribution is 1.01. The Labute approximate surface area is 200 Å². The first-order valence-corrected chi connectivity index (χ1v) is 13.7. The molecule has 0 aliphatic carbocycles. The molecule has 0 aliphatic heterocycles. The van der Waals surface area contributed by atoms with E-state index < -0.39 is 0 Å². The second kappa shape index (κ2) is 6.71. The Morgan fingerprint density at radius 2 is 1.16 bits per heavy atom. The van der Waals surface area contributed by atoms with Crippen LogP contribution < -0.4 is 0 Å². The summed E-state index contributed by atoms with van der Waals surface area (Å²) in [6.07, 6.45) is 0. The number of thiophene rings is 2. The van der Waals surface area contributed by atoms with Crippen molar-refractivity contribution in [3.05, 3.63) is 57.2 Å². The number of thiazole rings is 2. The largest absolute Gasteiger partial charge is 0.344 e. The maximum Gasteiger partial charge on any atom is 0.0929 e. The minimum absolute atomic E-state index is 1.12. The van der Waals surface area contributed by atoms with Crippen molar-refractivity contribution in [3.8, 4) is 20.9 Å². The summed E-state index contributed by atoms with van der Waals surface area (Å²) in [6.45, 7) is 4.17. The summed E-state index contributed by atoms with van der Waals surface area (Å²) >= 11 is 7.17. The number of fused-ring (bicyclic) bond motifs is 5. The van der Waals surface area contributed by atoms with Crippen LogP contribution in [-0.4, -0.2) is 14.5 Å². The summed E-state index contributed by atoms with van der Waals surface area (Å²) in [7, 11) is 2.16. The lowest BCUT2D eigenvalue weighted by atomic mass is 10.1. The summed E-state index contributed by atoms with van der Waals surface area (Å²) in [5.41, 5.74) is 7.31. The van der Waals surface area contributed by atoms with Gasteiger partial charge < -0.3 is 4.57 Å². The Kier molecular flexibility index (Phi) is 3.97. The van der Waals surface area contributed by atoms with Crippen molar-refractivity contribution < 1.29 is 0 Å². The van der Waals surface area contributed by atoms with Crippen LogP contribution in [0.1, 0.15) is 10.0 Å². The molecule has 0 atom stereocenters. The van der Waals surface area contributed by atoms with E-state index in [1.807, 2.05) is 0 Å². The van der Waals surface area contributed by atoms with Crippen LogP contribution in [0.15, 0.2) is 47.2 Å². The highest BCUT2D eigenvalue weighted by Gasteiger charge is 2.16. The molecule has 7 aromatic rings. The molecular weight excluding hydrogens is 471 g/mol. The van der Waals surface area contributed by atoms with Crippen LogP contribution in [0, 0.1) is 13.8 Å². The minimum atomic E-state index is 1.12. The highest BCUT2D eigenvalue weighted by molar-refractivity contribution is 7.26. The van der Waals surface area contributed by atoms with E-state index in [1.165, 1.54) is 52.1 Å². The van der Waals surface area contributed by atoms with Crippen LogP contribution >= 0.6 is 45.3 Å². The molecule has 0 aliphatic rings. The van der Waals surface area contributed by atoms with E-state index in [2.05, 4.69) is 82.6 Å². The molecule has 0 bridgehead atoms. The lowest BCUT2D eigenvalue weighted by Gasteiger charge is -2.01. The van der Waals surface area contributed by atoms with Gasteiger partial charge in [0.05, 0.1) is 40.2 Å².